The molecule has 0 amide bonds. The number of aromatic nitrogens is 2. The van der Waals surface area contributed by atoms with E-state index in [-0.39, 0.29) is 6.04 Å². The number of hydrogen-bond donors (Lipinski definition) is 1. The normalized spacial score (nSPS) is 13.0. The molecule has 2 rings (SSSR count). The number of nitrogens with two attached hydrogens (primary N) is 1. The van der Waals surface area contributed by atoms with Crippen molar-refractivity contribution in [2.45, 2.75) is 19.4 Å². The highest BCUT2D eigenvalue weighted by Gasteiger charge is 2.09. The Bertz CT molecular complexity index is 394. The summed E-state index contributed by atoms with van der Waals surface area (Å²) < 4.78 is 5.10. The molecule has 0 radical (unpaired) electrons. The second-order valence-electron chi connectivity index (χ2n) is 3.21. The molecule has 0 aliphatic carbocycles. The Kier molecular flexibility index (Phi) is 2.60. The molecule has 2 heterocycles. The van der Waals surface area contributed by atoms with Crippen LogP contribution in [-0.2, 0) is 6.42 Å². The smallest absolute Gasteiger partial charge is 0.258 e. The van der Waals surface area contributed by atoms with Crippen LogP contribution in [0.3, 0.4) is 0 Å². The van der Waals surface area contributed by atoms with E-state index in [4.69, 9.17) is 10.3 Å². The second kappa shape index (κ2) is 3.89. The minimum Gasteiger partial charge on any atom is -0.334 e. The van der Waals surface area contributed by atoms with E-state index in [0.29, 0.717) is 18.1 Å². The van der Waals surface area contributed by atoms with Gasteiger partial charge < -0.3 is 10.3 Å². The fourth-order valence-electron chi connectivity index (χ4n) is 1.13. The summed E-state index contributed by atoms with van der Waals surface area (Å²) in [5.41, 5.74) is 6.60. The second-order valence-corrected chi connectivity index (χ2v) is 3.99. The van der Waals surface area contributed by atoms with Crippen LogP contribution in [0.15, 0.2) is 21.3 Å². The van der Waals surface area contributed by atoms with Gasteiger partial charge in [0.2, 0.25) is 0 Å². The zero-order chi connectivity index (χ0) is 9.97. The maximum Gasteiger partial charge on any atom is 0.258 e. The van der Waals surface area contributed by atoms with Crippen LogP contribution < -0.4 is 5.73 Å². The quantitative estimate of drug-likeness (QED) is 0.835. The summed E-state index contributed by atoms with van der Waals surface area (Å²) >= 11 is 1.61. The predicted molar refractivity (Wildman–Crippen MR) is 55.0 cm³/mol. The van der Waals surface area contributed by atoms with E-state index in [1.165, 1.54) is 0 Å². The lowest BCUT2D eigenvalue weighted by Crippen LogP contribution is -2.18. The Morgan fingerprint density at radius 2 is 2.50 bits per heavy atom. The minimum absolute atomic E-state index is 0.0583. The monoisotopic (exact) mass is 209 g/mol. The van der Waals surface area contributed by atoms with Crippen molar-refractivity contribution in [2.75, 3.05) is 0 Å². The van der Waals surface area contributed by atoms with Gasteiger partial charge in [-0.25, -0.2) is 0 Å². The fraction of sp³-hybridized carbons (Fsp3) is 0.333. The van der Waals surface area contributed by atoms with E-state index in [1.807, 2.05) is 23.8 Å². The van der Waals surface area contributed by atoms with Crippen molar-refractivity contribution in [1.29, 1.82) is 0 Å². The predicted octanol–water partition coefficient (Wildman–Crippen LogP) is 1.69. The largest absolute Gasteiger partial charge is 0.334 e. The first-order chi connectivity index (χ1) is 6.75. The first-order valence-corrected chi connectivity index (χ1v) is 5.30. The van der Waals surface area contributed by atoms with E-state index in [1.54, 1.807) is 11.3 Å². The molecule has 0 saturated carbocycles. The number of hydrogen-bond acceptors (Lipinski definition) is 5. The molecule has 2 aromatic heterocycles. The molecule has 0 saturated heterocycles. The highest BCUT2D eigenvalue weighted by molar-refractivity contribution is 7.08. The van der Waals surface area contributed by atoms with Gasteiger partial charge in [0, 0.05) is 17.8 Å². The highest BCUT2D eigenvalue weighted by atomic mass is 32.1. The first-order valence-electron chi connectivity index (χ1n) is 4.36. The van der Waals surface area contributed by atoms with Gasteiger partial charge in [0.25, 0.3) is 5.89 Å². The van der Waals surface area contributed by atoms with E-state index in [2.05, 4.69) is 10.1 Å². The van der Waals surface area contributed by atoms with Crippen LogP contribution in [0.2, 0.25) is 0 Å². The Labute approximate surface area is 85.7 Å². The third kappa shape index (κ3) is 2.00. The maximum atomic E-state index is 5.63. The minimum atomic E-state index is 0.0583. The van der Waals surface area contributed by atoms with Crippen molar-refractivity contribution in [1.82, 2.24) is 10.1 Å². The van der Waals surface area contributed by atoms with Crippen LogP contribution in [0.1, 0.15) is 12.7 Å². The zero-order valence-corrected chi connectivity index (χ0v) is 8.62. The zero-order valence-electron chi connectivity index (χ0n) is 7.80. The molecule has 2 N–H and O–H groups in total. The maximum absolute atomic E-state index is 5.63. The molecule has 74 valence electrons. The van der Waals surface area contributed by atoms with Crippen LogP contribution >= 0.6 is 11.3 Å². The van der Waals surface area contributed by atoms with Gasteiger partial charge in [-0.3, -0.25) is 0 Å². The van der Waals surface area contributed by atoms with Crippen LogP contribution in [0.25, 0.3) is 11.5 Å². The van der Waals surface area contributed by atoms with Crippen LogP contribution in [-0.4, -0.2) is 16.2 Å². The molecule has 14 heavy (non-hydrogen) atoms. The standard InChI is InChI=1S/C9H11N3OS/c1-6(10)4-8-11-9(13-12-8)7-2-3-14-5-7/h2-3,5-6H,4,10H2,1H3. The van der Waals surface area contributed by atoms with E-state index < -0.39 is 0 Å². The van der Waals surface area contributed by atoms with E-state index in [0.717, 1.165) is 5.56 Å². The average Bonchev–Trinajstić information content (AvgIpc) is 2.69. The molecule has 0 fully saturated rings. The molecule has 0 spiro atoms. The molecule has 5 heteroatoms. The lowest BCUT2D eigenvalue weighted by Gasteiger charge is -1.96. The van der Waals surface area contributed by atoms with E-state index >= 15 is 0 Å². The van der Waals surface area contributed by atoms with Gasteiger partial charge in [-0.2, -0.15) is 16.3 Å². The summed E-state index contributed by atoms with van der Waals surface area (Å²) in [5.74, 6) is 1.24. The lowest BCUT2D eigenvalue weighted by atomic mass is 10.2. The summed E-state index contributed by atoms with van der Waals surface area (Å²) in [7, 11) is 0. The lowest BCUT2D eigenvalue weighted by molar-refractivity contribution is 0.420. The van der Waals surface area contributed by atoms with Crippen molar-refractivity contribution in [3.05, 3.63) is 22.7 Å². The third-order valence-electron chi connectivity index (χ3n) is 1.74. The van der Waals surface area contributed by atoms with Crippen molar-refractivity contribution in [3.8, 4) is 11.5 Å². The number of nitrogens with zero attached hydrogens (tertiary/aromatic N) is 2. The number of rotatable bonds is 3. The SMILES string of the molecule is CC(N)Cc1noc(-c2ccsc2)n1. The summed E-state index contributed by atoms with van der Waals surface area (Å²) in [5, 5.41) is 7.80. The van der Waals surface area contributed by atoms with Crippen molar-refractivity contribution in [2.24, 2.45) is 5.73 Å². The number of thiophene rings is 1. The molecule has 1 atom stereocenters. The van der Waals surface area contributed by atoms with Gasteiger partial charge in [-0.05, 0) is 18.4 Å². The summed E-state index contributed by atoms with van der Waals surface area (Å²) in [6.07, 6.45) is 0.646. The molecule has 4 nitrogen and oxygen atoms in total. The molecular formula is C9H11N3OS. The average molecular weight is 209 g/mol. The van der Waals surface area contributed by atoms with Gasteiger partial charge in [-0.1, -0.05) is 5.16 Å². The van der Waals surface area contributed by atoms with Crippen molar-refractivity contribution in [3.63, 3.8) is 0 Å². The molecule has 0 aromatic carbocycles. The van der Waals surface area contributed by atoms with Crippen LogP contribution in [0.5, 0.6) is 0 Å². The Morgan fingerprint density at radius 1 is 1.64 bits per heavy atom. The van der Waals surface area contributed by atoms with Gasteiger partial charge in [0.05, 0.1) is 5.56 Å². The molecule has 0 bridgehead atoms. The Hall–Kier alpha value is -1.20. The topological polar surface area (TPSA) is 64.9 Å². The first kappa shape index (κ1) is 9.36. The molecule has 1 unspecified atom stereocenters. The van der Waals surface area contributed by atoms with Gasteiger partial charge in [0.15, 0.2) is 5.82 Å². The van der Waals surface area contributed by atoms with Gasteiger partial charge >= 0.3 is 0 Å². The Morgan fingerprint density at radius 3 is 3.14 bits per heavy atom. The highest BCUT2D eigenvalue weighted by Crippen LogP contribution is 2.19. The molecule has 2 aromatic rings. The van der Waals surface area contributed by atoms with Crippen LogP contribution in [0.4, 0.5) is 0 Å². The summed E-state index contributed by atoms with van der Waals surface area (Å²) in [4.78, 5) is 4.24. The fourth-order valence-corrected chi connectivity index (χ4v) is 1.76. The van der Waals surface area contributed by atoms with Gasteiger partial charge in [-0.15, -0.1) is 0 Å². The van der Waals surface area contributed by atoms with Gasteiger partial charge in [0.1, 0.15) is 0 Å². The molecule has 0 aliphatic rings. The third-order valence-corrected chi connectivity index (χ3v) is 2.42. The molecular weight excluding hydrogens is 198 g/mol. The van der Waals surface area contributed by atoms with E-state index in [9.17, 15) is 0 Å². The van der Waals surface area contributed by atoms with Crippen molar-refractivity contribution < 1.29 is 4.52 Å². The summed E-state index contributed by atoms with van der Waals surface area (Å²) in [6, 6.07) is 2.01. The Balaban J connectivity index is 2.18. The van der Waals surface area contributed by atoms with Crippen molar-refractivity contribution >= 4 is 11.3 Å². The summed E-state index contributed by atoms with van der Waals surface area (Å²) in [6.45, 7) is 1.92. The van der Waals surface area contributed by atoms with Crippen LogP contribution in [0, 0.1) is 0 Å². The molecule has 0 aliphatic heterocycles.